The summed E-state index contributed by atoms with van der Waals surface area (Å²) in [6, 6.07) is 6.85. The first kappa shape index (κ1) is 12.8. The van der Waals surface area contributed by atoms with Gasteiger partial charge in [-0.15, -0.1) is 0 Å². The van der Waals surface area contributed by atoms with Gasteiger partial charge in [0.05, 0.1) is 6.26 Å². The summed E-state index contributed by atoms with van der Waals surface area (Å²) in [5, 5.41) is 1.53. The Balaban J connectivity index is 2.19. The second-order valence-electron chi connectivity index (χ2n) is 3.70. The quantitative estimate of drug-likeness (QED) is 0.905. The minimum atomic E-state index is -0.250. The van der Waals surface area contributed by atoms with E-state index in [2.05, 4.69) is 0 Å². The molecule has 1 aromatic carbocycles. The Kier molecular flexibility index (Phi) is 4.00. The summed E-state index contributed by atoms with van der Waals surface area (Å²) < 4.78 is 5.00. The number of halogens is 3. The maximum absolute atomic E-state index is 6.08. The van der Waals surface area contributed by atoms with Crippen LogP contribution in [0.2, 0.25) is 15.3 Å². The van der Waals surface area contributed by atoms with Gasteiger partial charge < -0.3 is 10.2 Å². The van der Waals surface area contributed by atoms with Crippen molar-refractivity contribution in [3.63, 3.8) is 0 Å². The van der Waals surface area contributed by atoms with E-state index < -0.39 is 0 Å². The summed E-state index contributed by atoms with van der Waals surface area (Å²) in [4.78, 5) is 0. The second-order valence-corrected chi connectivity index (χ2v) is 4.88. The van der Waals surface area contributed by atoms with Crippen LogP contribution in [-0.2, 0) is 6.42 Å². The Labute approximate surface area is 114 Å². The lowest BCUT2D eigenvalue weighted by atomic mass is 10.0. The fraction of sp³-hybridized carbons (Fsp3) is 0.167. The van der Waals surface area contributed by atoms with Crippen LogP contribution in [0.1, 0.15) is 17.2 Å². The third-order valence-corrected chi connectivity index (χ3v) is 3.39. The SMILES string of the molecule is NC(Cc1ccc(Cl)cc1Cl)c1ccoc1Cl. The summed E-state index contributed by atoms with van der Waals surface area (Å²) in [7, 11) is 0. The molecule has 2 aromatic rings. The van der Waals surface area contributed by atoms with Crippen molar-refractivity contribution in [3.8, 4) is 0 Å². The maximum Gasteiger partial charge on any atom is 0.197 e. The van der Waals surface area contributed by atoms with E-state index in [-0.39, 0.29) is 6.04 Å². The van der Waals surface area contributed by atoms with Gasteiger partial charge in [-0.25, -0.2) is 0 Å². The van der Waals surface area contributed by atoms with Gasteiger partial charge in [-0.1, -0.05) is 29.3 Å². The first-order chi connectivity index (χ1) is 8.08. The zero-order chi connectivity index (χ0) is 12.4. The minimum absolute atomic E-state index is 0.250. The molecule has 0 aliphatic carbocycles. The second kappa shape index (κ2) is 5.32. The number of hydrogen-bond donors (Lipinski definition) is 1. The van der Waals surface area contributed by atoms with E-state index in [1.807, 2.05) is 6.07 Å². The van der Waals surface area contributed by atoms with E-state index in [1.54, 1.807) is 18.2 Å². The molecule has 0 aliphatic heterocycles. The van der Waals surface area contributed by atoms with E-state index in [4.69, 9.17) is 45.0 Å². The van der Waals surface area contributed by atoms with Crippen molar-refractivity contribution in [2.75, 3.05) is 0 Å². The summed E-state index contributed by atoms with van der Waals surface area (Å²) in [6.45, 7) is 0. The molecule has 0 spiro atoms. The highest BCUT2D eigenvalue weighted by Gasteiger charge is 2.14. The molecular weight excluding hydrogens is 280 g/mol. The van der Waals surface area contributed by atoms with E-state index in [0.717, 1.165) is 11.1 Å². The van der Waals surface area contributed by atoms with E-state index >= 15 is 0 Å². The lowest BCUT2D eigenvalue weighted by molar-refractivity contribution is 0.560. The van der Waals surface area contributed by atoms with Gasteiger partial charge in [-0.3, -0.25) is 0 Å². The van der Waals surface area contributed by atoms with Crippen molar-refractivity contribution >= 4 is 34.8 Å². The molecule has 2 rings (SSSR count). The normalized spacial score (nSPS) is 12.7. The Morgan fingerprint density at radius 2 is 1.94 bits per heavy atom. The standard InChI is InChI=1S/C12H10Cl3NO/c13-8-2-1-7(10(14)6-8)5-11(16)9-3-4-17-12(9)15/h1-4,6,11H,5,16H2. The first-order valence-electron chi connectivity index (χ1n) is 5.00. The van der Waals surface area contributed by atoms with Crippen molar-refractivity contribution in [2.45, 2.75) is 12.5 Å². The fourth-order valence-electron chi connectivity index (χ4n) is 1.60. The molecule has 2 N–H and O–H groups in total. The monoisotopic (exact) mass is 289 g/mol. The van der Waals surface area contributed by atoms with Crippen LogP contribution in [0, 0.1) is 0 Å². The molecule has 1 atom stereocenters. The number of nitrogens with two attached hydrogens (primary N) is 1. The average molecular weight is 291 g/mol. The molecule has 5 heteroatoms. The van der Waals surface area contributed by atoms with Crippen molar-refractivity contribution in [1.29, 1.82) is 0 Å². The Morgan fingerprint density at radius 1 is 1.18 bits per heavy atom. The number of hydrogen-bond acceptors (Lipinski definition) is 2. The summed E-state index contributed by atoms with van der Waals surface area (Å²) >= 11 is 17.8. The molecule has 0 bridgehead atoms. The summed E-state index contributed by atoms with van der Waals surface area (Å²) in [6.07, 6.45) is 2.09. The van der Waals surface area contributed by atoms with Gasteiger partial charge in [-0.05, 0) is 41.8 Å². The van der Waals surface area contributed by atoms with Crippen LogP contribution in [0.3, 0.4) is 0 Å². The van der Waals surface area contributed by atoms with E-state index in [1.165, 1.54) is 6.26 Å². The van der Waals surface area contributed by atoms with E-state index in [0.29, 0.717) is 21.7 Å². The van der Waals surface area contributed by atoms with Crippen LogP contribution in [0.25, 0.3) is 0 Å². The van der Waals surface area contributed by atoms with Crippen molar-refractivity contribution < 1.29 is 4.42 Å². The van der Waals surface area contributed by atoms with Gasteiger partial charge in [0.25, 0.3) is 0 Å². The average Bonchev–Trinajstić information content (AvgIpc) is 2.68. The Morgan fingerprint density at radius 3 is 2.53 bits per heavy atom. The van der Waals surface area contributed by atoms with Gasteiger partial charge >= 0.3 is 0 Å². The maximum atomic E-state index is 6.08. The number of rotatable bonds is 3. The summed E-state index contributed by atoms with van der Waals surface area (Å²) in [5.74, 6) is 0. The van der Waals surface area contributed by atoms with Gasteiger partial charge in [-0.2, -0.15) is 0 Å². The van der Waals surface area contributed by atoms with Crippen LogP contribution in [0.15, 0.2) is 34.9 Å². The van der Waals surface area contributed by atoms with Crippen LogP contribution < -0.4 is 5.73 Å². The van der Waals surface area contributed by atoms with Crippen LogP contribution in [0.5, 0.6) is 0 Å². The van der Waals surface area contributed by atoms with Crippen molar-refractivity contribution in [1.82, 2.24) is 0 Å². The molecule has 1 heterocycles. The zero-order valence-electron chi connectivity index (χ0n) is 8.79. The smallest absolute Gasteiger partial charge is 0.197 e. The molecule has 17 heavy (non-hydrogen) atoms. The summed E-state index contributed by atoms with van der Waals surface area (Å²) in [5.41, 5.74) is 7.75. The molecule has 0 fully saturated rings. The molecule has 0 aliphatic rings. The van der Waals surface area contributed by atoms with Gasteiger partial charge in [0.15, 0.2) is 5.22 Å². The highest BCUT2D eigenvalue weighted by molar-refractivity contribution is 6.35. The highest BCUT2D eigenvalue weighted by atomic mass is 35.5. The Bertz CT molecular complexity index is 524. The lowest BCUT2D eigenvalue weighted by Crippen LogP contribution is -2.13. The molecule has 0 saturated heterocycles. The third kappa shape index (κ3) is 2.96. The van der Waals surface area contributed by atoms with Crippen molar-refractivity contribution in [2.24, 2.45) is 5.73 Å². The van der Waals surface area contributed by atoms with Crippen molar-refractivity contribution in [3.05, 3.63) is 56.9 Å². The van der Waals surface area contributed by atoms with Gasteiger partial charge in [0.2, 0.25) is 0 Å². The molecule has 1 unspecified atom stereocenters. The first-order valence-corrected chi connectivity index (χ1v) is 6.13. The molecule has 2 nitrogen and oxygen atoms in total. The molecule has 1 aromatic heterocycles. The molecule has 0 saturated carbocycles. The lowest BCUT2D eigenvalue weighted by Gasteiger charge is -2.11. The van der Waals surface area contributed by atoms with Crippen LogP contribution in [0.4, 0.5) is 0 Å². The van der Waals surface area contributed by atoms with E-state index in [9.17, 15) is 0 Å². The topological polar surface area (TPSA) is 39.2 Å². The fourth-order valence-corrected chi connectivity index (χ4v) is 2.34. The largest absolute Gasteiger partial charge is 0.453 e. The predicted octanol–water partition coefficient (Wildman–Crippen LogP) is 4.48. The highest BCUT2D eigenvalue weighted by Crippen LogP contribution is 2.28. The third-order valence-electron chi connectivity index (χ3n) is 2.50. The molecule has 0 radical (unpaired) electrons. The van der Waals surface area contributed by atoms with Gasteiger partial charge in [0.1, 0.15) is 0 Å². The molecule has 90 valence electrons. The number of furan rings is 1. The van der Waals surface area contributed by atoms with Crippen LogP contribution >= 0.6 is 34.8 Å². The minimum Gasteiger partial charge on any atom is -0.453 e. The van der Waals surface area contributed by atoms with Gasteiger partial charge in [0, 0.05) is 21.7 Å². The molecule has 0 amide bonds. The number of benzene rings is 1. The van der Waals surface area contributed by atoms with Crippen LogP contribution in [-0.4, -0.2) is 0 Å². The predicted molar refractivity (Wildman–Crippen MR) is 70.8 cm³/mol. The molecular formula is C12H10Cl3NO. The zero-order valence-corrected chi connectivity index (χ0v) is 11.1. The Hall–Kier alpha value is -0.670.